The van der Waals surface area contributed by atoms with Crippen LogP contribution in [0.2, 0.25) is 0 Å². The Morgan fingerprint density at radius 2 is 1.68 bits per heavy atom. The van der Waals surface area contributed by atoms with Gasteiger partial charge in [0, 0.05) is 29.7 Å². The summed E-state index contributed by atoms with van der Waals surface area (Å²) in [7, 11) is -0.528. The van der Waals surface area contributed by atoms with E-state index in [0.29, 0.717) is 17.1 Å². The molecule has 0 aliphatic carbocycles. The molecule has 1 heterocycles. The molecule has 4 rings (SSSR count). The first kappa shape index (κ1) is 20.5. The maximum absolute atomic E-state index is 12.9. The molecule has 0 atom stereocenters. The second kappa shape index (κ2) is 8.16. The largest absolute Gasteiger partial charge is 0.495 e. The molecule has 2 N–H and O–H groups in total. The molecule has 0 unspecified atom stereocenters. The number of hydrogen-bond acceptors (Lipinski definition) is 4. The normalized spacial score (nSPS) is 11.3. The van der Waals surface area contributed by atoms with Gasteiger partial charge < -0.3 is 14.6 Å². The lowest BCUT2D eigenvalue weighted by Crippen LogP contribution is -2.16. The molecule has 4 aromatic rings. The summed E-state index contributed by atoms with van der Waals surface area (Å²) >= 11 is 0. The van der Waals surface area contributed by atoms with Crippen molar-refractivity contribution in [1.82, 2.24) is 4.57 Å². The zero-order valence-electron chi connectivity index (χ0n) is 17.0. The number of carbonyl (C=O) groups is 1. The fourth-order valence-corrected chi connectivity index (χ4v) is 4.46. The van der Waals surface area contributed by atoms with Crippen LogP contribution in [-0.4, -0.2) is 26.0 Å². The standard InChI is InChI=1S/C23H21N3O4S/c1-26-14-13-18-19(10-6-11-21(18)26)24-23(27)16-7-5-8-17(15-16)31(28,29)25-20-9-3-4-12-22(20)30-2/h3-15,25H,1-2H3,(H,24,27). The summed E-state index contributed by atoms with van der Waals surface area (Å²) in [4.78, 5) is 12.8. The molecule has 31 heavy (non-hydrogen) atoms. The molecule has 0 saturated heterocycles. The molecule has 0 spiro atoms. The number of carbonyl (C=O) groups excluding carboxylic acids is 1. The van der Waals surface area contributed by atoms with Gasteiger partial charge in [0.25, 0.3) is 15.9 Å². The summed E-state index contributed by atoms with van der Waals surface area (Å²) < 4.78 is 35.4. The van der Waals surface area contributed by atoms with Gasteiger partial charge in [0.1, 0.15) is 5.75 Å². The molecular weight excluding hydrogens is 414 g/mol. The second-order valence-corrected chi connectivity index (χ2v) is 8.64. The number of methoxy groups -OCH3 is 1. The summed E-state index contributed by atoms with van der Waals surface area (Å²) in [6.45, 7) is 0. The van der Waals surface area contributed by atoms with E-state index >= 15 is 0 Å². The van der Waals surface area contributed by atoms with Crippen LogP contribution in [-0.2, 0) is 17.1 Å². The molecule has 7 nitrogen and oxygen atoms in total. The zero-order valence-corrected chi connectivity index (χ0v) is 17.8. The van der Waals surface area contributed by atoms with Gasteiger partial charge >= 0.3 is 0 Å². The van der Waals surface area contributed by atoms with Gasteiger partial charge in [0.2, 0.25) is 0 Å². The predicted molar refractivity (Wildman–Crippen MR) is 121 cm³/mol. The molecular formula is C23H21N3O4S. The first-order valence-electron chi connectivity index (χ1n) is 9.50. The predicted octanol–water partition coefficient (Wildman–Crippen LogP) is 4.24. The minimum Gasteiger partial charge on any atom is -0.495 e. The Bertz CT molecular complexity index is 1380. The molecule has 3 aromatic carbocycles. The highest BCUT2D eigenvalue weighted by Gasteiger charge is 2.18. The average molecular weight is 436 g/mol. The summed E-state index contributed by atoms with van der Waals surface area (Å²) in [5.41, 5.74) is 2.19. The van der Waals surface area contributed by atoms with Crippen LogP contribution >= 0.6 is 0 Å². The van der Waals surface area contributed by atoms with Crippen LogP contribution in [0, 0.1) is 0 Å². The van der Waals surface area contributed by atoms with E-state index in [1.165, 1.54) is 25.3 Å². The molecule has 0 saturated carbocycles. The summed E-state index contributed by atoms with van der Waals surface area (Å²) in [6.07, 6.45) is 1.91. The van der Waals surface area contributed by atoms with Crippen LogP contribution in [0.1, 0.15) is 10.4 Å². The molecule has 0 aliphatic rings. The number of nitrogens with zero attached hydrogens (tertiary/aromatic N) is 1. The van der Waals surface area contributed by atoms with Crippen molar-refractivity contribution in [2.75, 3.05) is 17.1 Å². The van der Waals surface area contributed by atoms with E-state index in [1.807, 2.05) is 42.1 Å². The van der Waals surface area contributed by atoms with Crippen molar-refractivity contribution >= 4 is 38.2 Å². The van der Waals surface area contributed by atoms with E-state index in [9.17, 15) is 13.2 Å². The maximum Gasteiger partial charge on any atom is 0.262 e. The van der Waals surface area contributed by atoms with E-state index in [4.69, 9.17) is 4.74 Å². The average Bonchev–Trinajstić information content (AvgIpc) is 3.16. The maximum atomic E-state index is 12.9. The third-order valence-corrected chi connectivity index (χ3v) is 6.30. The van der Waals surface area contributed by atoms with Crippen molar-refractivity contribution < 1.29 is 17.9 Å². The fourth-order valence-electron chi connectivity index (χ4n) is 3.34. The first-order valence-corrected chi connectivity index (χ1v) is 11.0. The van der Waals surface area contributed by atoms with Gasteiger partial charge in [-0.3, -0.25) is 9.52 Å². The van der Waals surface area contributed by atoms with Gasteiger partial charge in [-0.2, -0.15) is 0 Å². The number of nitrogens with one attached hydrogen (secondary N) is 2. The van der Waals surface area contributed by atoms with Gasteiger partial charge in [0.15, 0.2) is 0 Å². The number of fused-ring (bicyclic) bond motifs is 1. The molecule has 0 radical (unpaired) electrons. The van der Waals surface area contributed by atoms with Gasteiger partial charge in [-0.15, -0.1) is 0 Å². The molecule has 1 amide bonds. The molecule has 0 aliphatic heterocycles. The van der Waals surface area contributed by atoms with E-state index in [2.05, 4.69) is 10.0 Å². The lowest BCUT2D eigenvalue weighted by atomic mass is 10.2. The van der Waals surface area contributed by atoms with Crippen molar-refractivity contribution in [3.63, 3.8) is 0 Å². The number of rotatable bonds is 6. The number of sulfonamides is 1. The smallest absolute Gasteiger partial charge is 0.262 e. The highest BCUT2D eigenvalue weighted by atomic mass is 32.2. The molecule has 0 fully saturated rings. The summed E-state index contributed by atoms with van der Waals surface area (Å²) in [5.74, 6) is 0.00150. The quantitative estimate of drug-likeness (QED) is 0.474. The number of hydrogen-bond donors (Lipinski definition) is 2. The van der Waals surface area contributed by atoms with Crippen LogP contribution < -0.4 is 14.8 Å². The first-order chi connectivity index (χ1) is 14.9. The minimum atomic E-state index is -3.92. The number of aromatic nitrogens is 1. The third kappa shape index (κ3) is 4.10. The number of anilines is 2. The van der Waals surface area contributed by atoms with Crippen molar-refractivity contribution in [3.8, 4) is 5.75 Å². The summed E-state index contributed by atoms with van der Waals surface area (Å²) in [5, 5.41) is 3.78. The Balaban J connectivity index is 1.61. The van der Waals surface area contributed by atoms with E-state index in [0.717, 1.165) is 10.9 Å². The fraction of sp³-hybridized carbons (Fsp3) is 0.0870. The number of ether oxygens (including phenoxy) is 1. The molecule has 1 aromatic heterocycles. The number of benzene rings is 3. The van der Waals surface area contributed by atoms with E-state index in [-0.39, 0.29) is 10.5 Å². The molecule has 8 heteroatoms. The molecule has 158 valence electrons. The van der Waals surface area contributed by atoms with Crippen molar-refractivity contribution in [2.24, 2.45) is 7.05 Å². The van der Waals surface area contributed by atoms with Crippen LogP contribution in [0.25, 0.3) is 10.9 Å². The highest BCUT2D eigenvalue weighted by Crippen LogP contribution is 2.27. The zero-order chi connectivity index (χ0) is 22.0. The van der Waals surface area contributed by atoms with E-state index in [1.54, 1.807) is 30.3 Å². The van der Waals surface area contributed by atoms with Gasteiger partial charge in [-0.05, 0) is 48.5 Å². The van der Waals surface area contributed by atoms with Crippen LogP contribution in [0.4, 0.5) is 11.4 Å². The van der Waals surface area contributed by atoms with Crippen molar-refractivity contribution in [1.29, 1.82) is 0 Å². The topological polar surface area (TPSA) is 89.4 Å². The lowest BCUT2D eigenvalue weighted by Gasteiger charge is -2.12. The minimum absolute atomic E-state index is 0.0241. The second-order valence-electron chi connectivity index (χ2n) is 6.95. The van der Waals surface area contributed by atoms with Crippen molar-refractivity contribution in [3.05, 3.63) is 84.6 Å². The highest BCUT2D eigenvalue weighted by molar-refractivity contribution is 7.92. The third-order valence-electron chi connectivity index (χ3n) is 4.93. The number of para-hydroxylation sites is 2. The Kier molecular flexibility index (Phi) is 5.39. The van der Waals surface area contributed by atoms with Gasteiger partial charge in [-0.25, -0.2) is 8.42 Å². The van der Waals surface area contributed by atoms with Crippen LogP contribution in [0.15, 0.2) is 83.9 Å². The van der Waals surface area contributed by atoms with Crippen LogP contribution in [0.3, 0.4) is 0 Å². The number of aryl methyl sites for hydroxylation is 1. The Labute approximate surface area is 180 Å². The Morgan fingerprint density at radius 1 is 0.935 bits per heavy atom. The summed E-state index contributed by atoms with van der Waals surface area (Å²) in [6, 6.07) is 20.1. The van der Waals surface area contributed by atoms with E-state index < -0.39 is 15.9 Å². The SMILES string of the molecule is COc1ccccc1NS(=O)(=O)c1cccc(C(=O)Nc2cccc3c2ccn3C)c1. The monoisotopic (exact) mass is 435 g/mol. The van der Waals surface area contributed by atoms with Crippen molar-refractivity contribution in [2.45, 2.75) is 4.90 Å². The molecule has 0 bridgehead atoms. The lowest BCUT2D eigenvalue weighted by molar-refractivity contribution is 0.102. The Hall–Kier alpha value is -3.78. The number of amides is 1. The Morgan fingerprint density at radius 3 is 2.48 bits per heavy atom. The van der Waals surface area contributed by atoms with Gasteiger partial charge in [-0.1, -0.05) is 24.3 Å². The van der Waals surface area contributed by atoms with Crippen LogP contribution in [0.5, 0.6) is 5.75 Å². The van der Waals surface area contributed by atoms with Gasteiger partial charge in [0.05, 0.1) is 23.4 Å².